The smallest absolute Gasteiger partial charge is 0.326 e. The predicted molar refractivity (Wildman–Crippen MR) is 102 cm³/mol. The highest BCUT2D eigenvalue weighted by Crippen LogP contribution is 2.17. The molecule has 7 nitrogen and oxygen atoms in total. The van der Waals surface area contributed by atoms with Gasteiger partial charge in [0, 0.05) is 26.1 Å². The molecule has 3 amide bonds. The number of piperidine rings is 1. The van der Waals surface area contributed by atoms with Crippen molar-refractivity contribution in [2.75, 3.05) is 19.6 Å². The fraction of sp³-hybridized carbons (Fsp3) is 0.550. The molecule has 0 saturated carbocycles. The fourth-order valence-corrected chi connectivity index (χ4v) is 3.12. The zero-order chi connectivity index (χ0) is 19.8. The number of carboxylic acid groups (broad SMARTS) is 1. The van der Waals surface area contributed by atoms with Gasteiger partial charge in [0.25, 0.3) is 0 Å². The van der Waals surface area contributed by atoms with Crippen LogP contribution in [0.3, 0.4) is 0 Å². The molecular weight excluding hydrogens is 346 g/mol. The van der Waals surface area contributed by atoms with Crippen LogP contribution in [0, 0.1) is 11.8 Å². The second-order valence-electron chi connectivity index (χ2n) is 7.45. The maximum Gasteiger partial charge on any atom is 0.326 e. The highest BCUT2D eigenvalue weighted by atomic mass is 16.4. The number of likely N-dealkylation sites (tertiary alicyclic amines) is 1. The highest BCUT2D eigenvalue weighted by Gasteiger charge is 2.31. The second kappa shape index (κ2) is 9.94. The molecule has 2 rings (SSSR count). The molecule has 0 bridgehead atoms. The van der Waals surface area contributed by atoms with Crippen LogP contribution in [0.1, 0.15) is 32.3 Å². The lowest BCUT2D eigenvalue weighted by molar-refractivity contribution is -0.142. The molecular formula is C20H29N3O4. The minimum absolute atomic E-state index is 0.166. The van der Waals surface area contributed by atoms with Crippen molar-refractivity contribution in [1.29, 1.82) is 0 Å². The van der Waals surface area contributed by atoms with Crippen molar-refractivity contribution in [2.45, 2.75) is 39.2 Å². The number of carbonyl (C=O) groups is 3. The Morgan fingerprint density at radius 3 is 2.56 bits per heavy atom. The second-order valence-corrected chi connectivity index (χ2v) is 7.45. The summed E-state index contributed by atoms with van der Waals surface area (Å²) in [6.45, 7) is 5.55. The third-order valence-corrected chi connectivity index (χ3v) is 4.64. The summed E-state index contributed by atoms with van der Waals surface area (Å²) in [5, 5.41) is 15.0. The van der Waals surface area contributed by atoms with Crippen LogP contribution in [0.5, 0.6) is 0 Å². The van der Waals surface area contributed by atoms with Crippen LogP contribution in [0.2, 0.25) is 0 Å². The molecule has 1 saturated heterocycles. The lowest BCUT2D eigenvalue weighted by atomic mass is 9.96. The lowest BCUT2D eigenvalue weighted by Crippen LogP contribution is -2.52. The van der Waals surface area contributed by atoms with E-state index in [2.05, 4.69) is 10.6 Å². The molecule has 7 heteroatoms. The van der Waals surface area contributed by atoms with Gasteiger partial charge in [-0.2, -0.15) is 0 Å². The number of aliphatic carboxylic acids is 1. The molecule has 0 aromatic heterocycles. The monoisotopic (exact) mass is 375 g/mol. The first-order chi connectivity index (χ1) is 12.9. The van der Waals surface area contributed by atoms with Crippen molar-refractivity contribution >= 4 is 17.9 Å². The quantitative estimate of drug-likeness (QED) is 0.678. The number of hydrogen-bond acceptors (Lipinski definition) is 3. The van der Waals surface area contributed by atoms with Gasteiger partial charge in [-0.1, -0.05) is 44.2 Å². The van der Waals surface area contributed by atoms with Crippen LogP contribution < -0.4 is 10.6 Å². The number of nitrogens with zero attached hydrogens (tertiary/aromatic N) is 1. The third kappa shape index (κ3) is 6.58. The normalized spacial score (nSPS) is 18.0. The zero-order valence-electron chi connectivity index (χ0n) is 16.0. The number of rotatable bonds is 7. The predicted octanol–water partition coefficient (Wildman–Crippen LogP) is 1.88. The van der Waals surface area contributed by atoms with Gasteiger partial charge in [0.05, 0.1) is 5.92 Å². The number of amides is 3. The van der Waals surface area contributed by atoms with Crippen LogP contribution in [0.4, 0.5) is 4.79 Å². The molecule has 1 aliphatic rings. The average molecular weight is 375 g/mol. The first kappa shape index (κ1) is 20.7. The number of hydrogen-bond donors (Lipinski definition) is 3. The Labute approximate surface area is 160 Å². The molecule has 0 aliphatic carbocycles. The lowest BCUT2D eigenvalue weighted by Gasteiger charge is -2.32. The summed E-state index contributed by atoms with van der Waals surface area (Å²) < 4.78 is 0. The van der Waals surface area contributed by atoms with Crippen molar-refractivity contribution in [3.8, 4) is 0 Å². The molecule has 0 radical (unpaired) electrons. The van der Waals surface area contributed by atoms with E-state index in [1.807, 2.05) is 44.2 Å². The standard InChI is InChI=1S/C20H29N3O4/c1-14(2)12-21-20(27)23-10-6-9-16(13-23)18(24)22-17(19(25)26)11-15-7-4-3-5-8-15/h3-5,7-8,14,16-17H,6,9-13H2,1-2H3,(H,21,27)(H,22,24)(H,25,26)/t16?,17-/m0/s1. The summed E-state index contributed by atoms with van der Waals surface area (Å²) >= 11 is 0. The molecule has 1 fully saturated rings. The molecule has 148 valence electrons. The number of nitrogens with one attached hydrogen (secondary N) is 2. The van der Waals surface area contributed by atoms with Crippen LogP contribution in [0.25, 0.3) is 0 Å². The number of carboxylic acids is 1. The Morgan fingerprint density at radius 2 is 1.93 bits per heavy atom. The van der Waals surface area contributed by atoms with Gasteiger partial charge in [0.15, 0.2) is 0 Å². The molecule has 1 unspecified atom stereocenters. The van der Waals surface area contributed by atoms with Crippen LogP contribution in [-0.2, 0) is 16.0 Å². The molecule has 3 N–H and O–H groups in total. The summed E-state index contributed by atoms with van der Waals surface area (Å²) in [6, 6.07) is 8.06. The van der Waals surface area contributed by atoms with E-state index in [-0.39, 0.29) is 24.3 Å². The van der Waals surface area contributed by atoms with Crippen LogP contribution in [-0.4, -0.2) is 53.6 Å². The van der Waals surface area contributed by atoms with E-state index in [0.29, 0.717) is 32.0 Å². The molecule has 1 aromatic rings. The summed E-state index contributed by atoms with van der Waals surface area (Å²) in [5.41, 5.74) is 0.850. The van der Waals surface area contributed by atoms with Gasteiger partial charge in [0.1, 0.15) is 6.04 Å². The number of benzene rings is 1. The minimum Gasteiger partial charge on any atom is -0.480 e. The number of urea groups is 1. The van der Waals surface area contributed by atoms with E-state index in [0.717, 1.165) is 12.0 Å². The Kier molecular flexibility index (Phi) is 7.64. The van der Waals surface area contributed by atoms with Crippen molar-refractivity contribution in [1.82, 2.24) is 15.5 Å². The Balaban J connectivity index is 1.92. The Bertz CT molecular complexity index is 648. The molecule has 1 aliphatic heterocycles. The largest absolute Gasteiger partial charge is 0.480 e. The molecule has 27 heavy (non-hydrogen) atoms. The Hall–Kier alpha value is -2.57. The van der Waals surface area contributed by atoms with Gasteiger partial charge in [-0.05, 0) is 24.3 Å². The van der Waals surface area contributed by atoms with Crippen molar-refractivity contribution in [3.05, 3.63) is 35.9 Å². The topological polar surface area (TPSA) is 98.7 Å². The van der Waals surface area contributed by atoms with Gasteiger partial charge in [0.2, 0.25) is 5.91 Å². The van der Waals surface area contributed by atoms with E-state index in [9.17, 15) is 19.5 Å². The summed E-state index contributed by atoms with van der Waals surface area (Å²) in [6.07, 6.45) is 1.61. The van der Waals surface area contributed by atoms with Crippen molar-refractivity contribution in [2.24, 2.45) is 11.8 Å². The summed E-state index contributed by atoms with van der Waals surface area (Å²) in [7, 11) is 0. The molecule has 0 spiro atoms. The highest BCUT2D eigenvalue weighted by molar-refractivity contribution is 5.86. The summed E-state index contributed by atoms with van der Waals surface area (Å²) in [5.74, 6) is -1.40. The van der Waals surface area contributed by atoms with Crippen LogP contribution >= 0.6 is 0 Å². The molecule has 2 atom stereocenters. The SMILES string of the molecule is CC(C)CNC(=O)N1CCCC(C(=O)N[C@@H](Cc2ccccc2)C(=O)O)C1. The van der Waals surface area contributed by atoms with Gasteiger partial charge in [-0.3, -0.25) is 4.79 Å². The van der Waals surface area contributed by atoms with Crippen molar-refractivity contribution < 1.29 is 19.5 Å². The molecule has 1 heterocycles. The van der Waals surface area contributed by atoms with E-state index >= 15 is 0 Å². The van der Waals surface area contributed by atoms with Gasteiger partial charge in [-0.15, -0.1) is 0 Å². The first-order valence-electron chi connectivity index (χ1n) is 9.46. The van der Waals surface area contributed by atoms with E-state index in [1.165, 1.54) is 0 Å². The van der Waals surface area contributed by atoms with Gasteiger partial charge in [-0.25, -0.2) is 9.59 Å². The van der Waals surface area contributed by atoms with E-state index < -0.39 is 12.0 Å². The van der Waals surface area contributed by atoms with Gasteiger partial charge >= 0.3 is 12.0 Å². The van der Waals surface area contributed by atoms with Gasteiger partial charge < -0.3 is 20.6 Å². The Morgan fingerprint density at radius 1 is 1.22 bits per heavy atom. The number of carbonyl (C=O) groups excluding carboxylic acids is 2. The minimum atomic E-state index is -1.06. The van der Waals surface area contributed by atoms with Crippen LogP contribution in [0.15, 0.2) is 30.3 Å². The van der Waals surface area contributed by atoms with E-state index in [4.69, 9.17) is 0 Å². The maximum absolute atomic E-state index is 12.6. The maximum atomic E-state index is 12.6. The van der Waals surface area contributed by atoms with E-state index in [1.54, 1.807) is 4.90 Å². The third-order valence-electron chi connectivity index (χ3n) is 4.64. The molecule has 1 aromatic carbocycles. The fourth-order valence-electron chi connectivity index (χ4n) is 3.12. The first-order valence-corrected chi connectivity index (χ1v) is 9.46. The summed E-state index contributed by atoms with van der Waals surface area (Å²) in [4.78, 5) is 38.0. The zero-order valence-corrected chi connectivity index (χ0v) is 16.0. The average Bonchev–Trinajstić information content (AvgIpc) is 2.66. The van der Waals surface area contributed by atoms with Crippen molar-refractivity contribution in [3.63, 3.8) is 0 Å².